The monoisotopic (exact) mass is 424 g/mol. The zero-order chi connectivity index (χ0) is 21.5. The Balaban J connectivity index is 1.69. The van der Waals surface area contributed by atoms with Gasteiger partial charge in [-0.15, -0.1) is 0 Å². The summed E-state index contributed by atoms with van der Waals surface area (Å²) >= 11 is 0. The molecule has 0 aliphatic carbocycles. The van der Waals surface area contributed by atoms with Crippen LogP contribution in [0.1, 0.15) is 31.5 Å². The molecule has 0 aliphatic heterocycles. The van der Waals surface area contributed by atoms with E-state index in [2.05, 4.69) is 51.4 Å². The van der Waals surface area contributed by atoms with Crippen LogP contribution in [0.15, 0.2) is 65.8 Å². The summed E-state index contributed by atoms with van der Waals surface area (Å²) in [5.74, 6) is 0. The summed E-state index contributed by atoms with van der Waals surface area (Å²) in [4.78, 5) is 5.43. The second-order valence-electron chi connectivity index (χ2n) is 8.13. The minimum Gasteiger partial charge on any atom is -0.361 e. The number of aromatic amines is 1. The Bertz CT molecular complexity index is 1290. The molecule has 0 bridgehead atoms. The fourth-order valence-corrected chi connectivity index (χ4v) is 5.31. The highest BCUT2D eigenvalue weighted by Gasteiger charge is 2.24. The van der Waals surface area contributed by atoms with Crippen molar-refractivity contribution in [2.45, 2.75) is 30.8 Å². The molecular formula is C23H28N4O2S. The number of benzene rings is 2. The number of hydrogen-bond donors (Lipinski definition) is 2. The molecule has 0 amide bonds. The molecule has 0 saturated heterocycles. The molecule has 0 saturated carbocycles. The van der Waals surface area contributed by atoms with Gasteiger partial charge in [-0.2, -0.15) is 0 Å². The number of sulfonamides is 1. The van der Waals surface area contributed by atoms with Crippen LogP contribution in [0.2, 0.25) is 0 Å². The van der Waals surface area contributed by atoms with Gasteiger partial charge in [0.25, 0.3) is 0 Å². The van der Waals surface area contributed by atoms with Crippen molar-refractivity contribution in [2.24, 2.45) is 0 Å². The van der Waals surface area contributed by atoms with Gasteiger partial charge in [-0.05, 0) is 57.8 Å². The van der Waals surface area contributed by atoms with E-state index < -0.39 is 10.0 Å². The average Bonchev–Trinajstić information content (AvgIpc) is 3.32. The lowest BCUT2D eigenvalue weighted by atomic mass is 10.1. The van der Waals surface area contributed by atoms with Crippen LogP contribution >= 0.6 is 0 Å². The van der Waals surface area contributed by atoms with Crippen LogP contribution in [0.25, 0.3) is 21.8 Å². The first-order valence-corrected chi connectivity index (χ1v) is 11.6. The molecule has 6 nitrogen and oxygen atoms in total. The number of aromatic nitrogens is 2. The van der Waals surface area contributed by atoms with Gasteiger partial charge in [-0.25, -0.2) is 13.1 Å². The molecule has 4 aromatic rings. The topological polar surface area (TPSA) is 70.1 Å². The quantitative estimate of drug-likeness (QED) is 0.465. The van der Waals surface area contributed by atoms with Crippen LogP contribution in [-0.2, 0) is 10.0 Å². The van der Waals surface area contributed by atoms with E-state index in [4.69, 9.17) is 0 Å². The maximum Gasteiger partial charge on any atom is 0.241 e. The van der Waals surface area contributed by atoms with Crippen molar-refractivity contribution in [1.82, 2.24) is 19.2 Å². The van der Waals surface area contributed by atoms with Gasteiger partial charge in [0.15, 0.2) is 0 Å². The molecule has 0 radical (unpaired) electrons. The van der Waals surface area contributed by atoms with E-state index in [-0.39, 0.29) is 12.6 Å². The Hall–Kier alpha value is -2.61. The lowest BCUT2D eigenvalue weighted by Gasteiger charge is -2.24. The lowest BCUT2D eigenvalue weighted by Crippen LogP contribution is -2.34. The molecule has 1 atom stereocenters. The van der Waals surface area contributed by atoms with E-state index in [0.717, 1.165) is 22.0 Å². The molecule has 158 valence electrons. The Labute approximate surface area is 177 Å². The Morgan fingerprint density at radius 3 is 2.53 bits per heavy atom. The van der Waals surface area contributed by atoms with Crippen molar-refractivity contribution in [2.75, 3.05) is 20.6 Å². The van der Waals surface area contributed by atoms with Crippen molar-refractivity contribution >= 4 is 31.8 Å². The van der Waals surface area contributed by atoms with Gasteiger partial charge in [0.05, 0.1) is 4.90 Å². The number of likely N-dealkylation sites (N-methyl/N-ethyl adjacent to an activating group) is 1. The van der Waals surface area contributed by atoms with E-state index in [1.54, 1.807) is 24.4 Å². The highest BCUT2D eigenvalue weighted by atomic mass is 32.2. The number of rotatable bonds is 7. The van der Waals surface area contributed by atoms with Gasteiger partial charge < -0.3 is 14.5 Å². The van der Waals surface area contributed by atoms with Crippen LogP contribution in [0.3, 0.4) is 0 Å². The Kier molecular flexibility index (Phi) is 5.44. The normalized spacial score (nSPS) is 13.7. The molecule has 1 unspecified atom stereocenters. The fraction of sp³-hybridized carbons (Fsp3) is 0.304. The van der Waals surface area contributed by atoms with Crippen molar-refractivity contribution in [3.05, 3.63) is 66.5 Å². The number of nitrogens with one attached hydrogen (secondary N) is 2. The lowest BCUT2D eigenvalue weighted by molar-refractivity contribution is 0.300. The van der Waals surface area contributed by atoms with Gasteiger partial charge >= 0.3 is 0 Å². The van der Waals surface area contributed by atoms with Crippen molar-refractivity contribution in [3.8, 4) is 0 Å². The summed E-state index contributed by atoms with van der Waals surface area (Å²) in [6.07, 6.45) is 3.91. The number of nitrogens with zero attached hydrogens (tertiary/aromatic N) is 2. The Morgan fingerprint density at radius 1 is 1.03 bits per heavy atom. The molecule has 2 aromatic heterocycles. The molecule has 7 heteroatoms. The molecule has 2 heterocycles. The van der Waals surface area contributed by atoms with Gasteiger partial charge in [0, 0.05) is 52.8 Å². The molecule has 0 fully saturated rings. The third-order valence-corrected chi connectivity index (χ3v) is 7.10. The molecule has 2 N–H and O–H groups in total. The maximum atomic E-state index is 13.1. The van der Waals surface area contributed by atoms with Crippen LogP contribution in [-0.4, -0.2) is 43.5 Å². The van der Waals surface area contributed by atoms with Gasteiger partial charge in [0.2, 0.25) is 10.0 Å². The number of hydrogen-bond acceptors (Lipinski definition) is 3. The first-order valence-electron chi connectivity index (χ1n) is 10.1. The Morgan fingerprint density at radius 2 is 1.80 bits per heavy atom. The average molecular weight is 425 g/mol. The highest BCUT2D eigenvalue weighted by molar-refractivity contribution is 7.89. The molecule has 0 aliphatic rings. The molecule has 4 rings (SSSR count). The number of H-pyrrole nitrogens is 1. The standard InChI is InChI=1S/C23H28N4O2S/c1-16(2)27-15-19(17-8-5-6-10-21(17)27)22(26(3)4)14-25-30(28,29)23-11-7-9-20-18(23)12-13-24-20/h5-13,15-16,22,24-25H,14H2,1-4H3. The van der Waals surface area contributed by atoms with Crippen LogP contribution in [0, 0.1) is 0 Å². The molecule has 0 spiro atoms. The highest BCUT2D eigenvalue weighted by Crippen LogP contribution is 2.31. The van der Waals surface area contributed by atoms with E-state index in [1.165, 1.54) is 0 Å². The predicted octanol–water partition coefficient (Wildman–Crippen LogP) is 4.28. The predicted molar refractivity (Wildman–Crippen MR) is 122 cm³/mol. The van der Waals surface area contributed by atoms with E-state index in [1.807, 2.05) is 32.3 Å². The smallest absolute Gasteiger partial charge is 0.241 e. The second-order valence-corrected chi connectivity index (χ2v) is 9.86. The van der Waals surface area contributed by atoms with Gasteiger partial charge in [0.1, 0.15) is 0 Å². The molecule has 30 heavy (non-hydrogen) atoms. The summed E-state index contributed by atoms with van der Waals surface area (Å²) in [5.41, 5.74) is 3.09. The summed E-state index contributed by atoms with van der Waals surface area (Å²) in [6, 6.07) is 15.6. The summed E-state index contributed by atoms with van der Waals surface area (Å²) in [5, 5.41) is 1.85. The number of fused-ring (bicyclic) bond motifs is 2. The SMILES string of the molecule is CC(C)n1cc(C(CNS(=O)(=O)c2cccc3[nH]ccc23)N(C)C)c2ccccc21. The van der Waals surface area contributed by atoms with Crippen molar-refractivity contribution in [3.63, 3.8) is 0 Å². The first kappa shape index (κ1) is 20.7. The third-order valence-electron chi connectivity index (χ3n) is 5.62. The third kappa shape index (κ3) is 3.64. The zero-order valence-electron chi connectivity index (χ0n) is 17.8. The summed E-state index contributed by atoms with van der Waals surface area (Å²) in [7, 11) is 0.299. The first-order chi connectivity index (χ1) is 14.3. The van der Waals surface area contributed by atoms with Crippen LogP contribution in [0.4, 0.5) is 0 Å². The summed E-state index contributed by atoms with van der Waals surface area (Å²) < 4.78 is 31.4. The fourth-order valence-electron chi connectivity index (χ4n) is 4.05. The minimum absolute atomic E-state index is 0.102. The largest absolute Gasteiger partial charge is 0.361 e. The van der Waals surface area contributed by atoms with E-state index >= 15 is 0 Å². The minimum atomic E-state index is -3.66. The number of para-hydroxylation sites is 1. The molecule has 2 aromatic carbocycles. The van der Waals surface area contributed by atoms with Crippen molar-refractivity contribution in [1.29, 1.82) is 0 Å². The molecular weight excluding hydrogens is 396 g/mol. The van der Waals surface area contributed by atoms with Crippen LogP contribution in [0.5, 0.6) is 0 Å². The second kappa shape index (κ2) is 7.91. The van der Waals surface area contributed by atoms with E-state index in [0.29, 0.717) is 16.3 Å². The van der Waals surface area contributed by atoms with E-state index in [9.17, 15) is 8.42 Å². The van der Waals surface area contributed by atoms with Gasteiger partial charge in [-0.3, -0.25) is 0 Å². The zero-order valence-corrected chi connectivity index (χ0v) is 18.6. The maximum absolute atomic E-state index is 13.1. The van der Waals surface area contributed by atoms with Crippen molar-refractivity contribution < 1.29 is 8.42 Å². The van der Waals surface area contributed by atoms with Gasteiger partial charge in [-0.1, -0.05) is 24.3 Å². The van der Waals surface area contributed by atoms with Crippen LogP contribution < -0.4 is 4.72 Å². The summed E-state index contributed by atoms with van der Waals surface area (Å²) in [6.45, 7) is 4.59.